The van der Waals surface area contributed by atoms with E-state index in [0.29, 0.717) is 17.1 Å². The second-order valence-electron chi connectivity index (χ2n) is 6.77. The van der Waals surface area contributed by atoms with Gasteiger partial charge in [-0.2, -0.15) is 5.10 Å². The molecule has 26 heavy (non-hydrogen) atoms. The molecule has 0 saturated carbocycles. The summed E-state index contributed by atoms with van der Waals surface area (Å²) >= 11 is 1.45. The summed E-state index contributed by atoms with van der Waals surface area (Å²) < 4.78 is 1.84. The highest BCUT2D eigenvalue weighted by Crippen LogP contribution is 2.35. The third-order valence-corrected chi connectivity index (χ3v) is 5.76. The maximum absolute atomic E-state index is 13.2. The molecule has 2 aromatic heterocycles. The molecule has 134 valence electrons. The molecule has 0 bridgehead atoms. The van der Waals surface area contributed by atoms with E-state index >= 15 is 0 Å². The number of rotatable bonds is 2. The Bertz CT molecular complexity index is 1020. The summed E-state index contributed by atoms with van der Waals surface area (Å²) in [4.78, 5) is 28.6. The summed E-state index contributed by atoms with van der Waals surface area (Å²) in [5.41, 5.74) is 2.42. The zero-order valence-electron chi connectivity index (χ0n) is 14.9. The number of nitrogens with zero attached hydrogens (tertiary/aromatic N) is 3. The number of aryl methyl sites for hydroxylation is 1. The standard InChI is InChI=1S/C19H20N4O2S/c1-11(2)17-12-10-15(26-19(12)22(3)21-17)18(25)23-9-8-16(24)20-13-6-4-5-7-14(13)23/h4-7,10-11H,8-9H2,1-3H3,(H,20,24). The summed E-state index contributed by atoms with van der Waals surface area (Å²) in [5.74, 6) is 0.136. The van der Waals surface area contributed by atoms with Crippen molar-refractivity contribution >= 4 is 44.7 Å². The molecule has 0 unspecified atom stereocenters. The fourth-order valence-electron chi connectivity index (χ4n) is 3.30. The van der Waals surface area contributed by atoms with Crippen molar-refractivity contribution < 1.29 is 9.59 Å². The predicted octanol–water partition coefficient (Wildman–Crippen LogP) is 3.75. The minimum absolute atomic E-state index is 0.0737. The first-order valence-corrected chi connectivity index (χ1v) is 9.44. The predicted molar refractivity (Wildman–Crippen MR) is 104 cm³/mol. The largest absolute Gasteiger partial charge is 0.324 e. The Kier molecular flexibility index (Phi) is 4.03. The van der Waals surface area contributed by atoms with Gasteiger partial charge >= 0.3 is 0 Å². The van der Waals surface area contributed by atoms with E-state index in [0.717, 1.165) is 21.6 Å². The molecule has 3 aromatic rings. The number of fused-ring (bicyclic) bond motifs is 2. The van der Waals surface area contributed by atoms with E-state index in [1.165, 1.54) is 11.3 Å². The third-order valence-electron chi connectivity index (χ3n) is 4.57. The summed E-state index contributed by atoms with van der Waals surface area (Å²) in [5, 5.41) is 8.48. The van der Waals surface area contributed by atoms with Crippen molar-refractivity contribution in [1.29, 1.82) is 0 Å². The van der Waals surface area contributed by atoms with Crippen molar-refractivity contribution in [2.45, 2.75) is 26.2 Å². The summed E-state index contributed by atoms with van der Waals surface area (Å²) in [6.45, 7) is 4.57. The van der Waals surface area contributed by atoms with Crippen LogP contribution in [0.1, 0.15) is 41.6 Å². The van der Waals surface area contributed by atoms with Crippen molar-refractivity contribution in [3.63, 3.8) is 0 Å². The Balaban J connectivity index is 1.77. The Labute approximate surface area is 155 Å². The van der Waals surface area contributed by atoms with Gasteiger partial charge in [0.15, 0.2) is 0 Å². The van der Waals surface area contributed by atoms with Gasteiger partial charge in [0.25, 0.3) is 5.91 Å². The number of thiophene rings is 1. The summed E-state index contributed by atoms with van der Waals surface area (Å²) in [6, 6.07) is 9.36. The molecular formula is C19H20N4O2S. The van der Waals surface area contributed by atoms with Gasteiger partial charge in [-0.15, -0.1) is 11.3 Å². The van der Waals surface area contributed by atoms with Crippen molar-refractivity contribution in [3.8, 4) is 0 Å². The van der Waals surface area contributed by atoms with Gasteiger partial charge in [-0.05, 0) is 24.1 Å². The first kappa shape index (κ1) is 16.8. The number of amides is 2. The van der Waals surface area contributed by atoms with Crippen LogP contribution in [0.5, 0.6) is 0 Å². The van der Waals surface area contributed by atoms with Gasteiger partial charge in [0, 0.05) is 25.4 Å². The van der Waals surface area contributed by atoms with Gasteiger partial charge in [-0.1, -0.05) is 26.0 Å². The molecule has 0 aliphatic carbocycles. The van der Waals surface area contributed by atoms with Crippen LogP contribution in [0.15, 0.2) is 30.3 Å². The van der Waals surface area contributed by atoms with Gasteiger partial charge in [-0.3, -0.25) is 14.3 Å². The van der Waals surface area contributed by atoms with E-state index in [9.17, 15) is 9.59 Å². The van der Waals surface area contributed by atoms with Crippen LogP contribution in [0.4, 0.5) is 11.4 Å². The maximum atomic E-state index is 13.2. The summed E-state index contributed by atoms with van der Waals surface area (Å²) in [7, 11) is 1.91. The van der Waals surface area contributed by atoms with Crippen LogP contribution in [0.25, 0.3) is 10.2 Å². The Morgan fingerprint density at radius 3 is 2.85 bits per heavy atom. The van der Waals surface area contributed by atoms with Crippen molar-refractivity contribution in [2.75, 3.05) is 16.8 Å². The van der Waals surface area contributed by atoms with E-state index in [1.807, 2.05) is 42.1 Å². The lowest BCUT2D eigenvalue weighted by Gasteiger charge is -2.21. The van der Waals surface area contributed by atoms with Gasteiger partial charge < -0.3 is 10.2 Å². The van der Waals surface area contributed by atoms with Crippen LogP contribution >= 0.6 is 11.3 Å². The van der Waals surface area contributed by atoms with Gasteiger partial charge in [-0.25, -0.2) is 0 Å². The number of hydrogen-bond donors (Lipinski definition) is 1. The second kappa shape index (κ2) is 6.25. The zero-order valence-corrected chi connectivity index (χ0v) is 15.8. The molecule has 1 aliphatic heterocycles. The number of carbonyl (C=O) groups is 2. The lowest BCUT2D eigenvalue weighted by Crippen LogP contribution is -2.31. The molecule has 0 saturated heterocycles. The topological polar surface area (TPSA) is 67.2 Å². The SMILES string of the molecule is CC(C)c1nn(C)c2sc(C(=O)N3CCC(=O)Nc4ccccc43)cc12. The van der Waals surface area contributed by atoms with E-state index in [4.69, 9.17) is 0 Å². The first-order valence-electron chi connectivity index (χ1n) is 8.63. The highest BCUT2D eigenvalue weighted by atomic mass is 32.1. The molecule has 7 heteroatoms. The van der Waals surface area contributed by atoms with E-state index in [-0.39, 0.29) is 24.2 Å². The van der Waals surface area contributed by atoms with Crippen molar-refractivity contribution in [2.24, 2.45) is 7.05 Å². The average molecular weight is 368 g/mol. The van der Waals surface area contributed by atoms with Crippen LogP contribution < -0.4 is 10.2 Å². The number of carbonyl (C=O) groups excluding carboxylic acids is 2. The smallest absolute Gasteiger partial charge is 0.268 e. The van der Waals surface area contributed by atoms with Gasteiger partial charge in [0.1, 0.15) is 4.83 Å². The molecular weight excluding hydrogens is 348 g/mol. The molecule has 0 atom stereocenters. The third kappa shape index (κ3) is 2.68. The maximum Gasteiger partial charge on any atom is 0.268 e. The number of benzene rings is 1. The normalized spacial score (nSPS) is 14.5. The Hall–Kier alpha value is -2.67. The molecule has 4 rings (SSSR count). The first-order chi connectivity index (χ1) is 12.5. The van der Waals surface area contributed by atoms with Crippen LogP contribution in [-0.4, -0.2) is 28.1 Å². The number of nitrogens with one attached hydrogen (secondary N) is 1. The van der Waals surface area contributed by atoms with Gasteiger partial charge in [0.05, 0.1) is 21.9 Å². The van der Waals surface area contributed by atoms with E-state index < -0.39 is 0 Å². The van der Waals surface area contributed by atoms with Crippen LogP contribution in [-0.2, 0) is 11.8 Å². The number of aromatic nitrogens is 2. The van der Waals surface area contributed by atoms with Crippen LogP contribution in [0.3, 0.4) is 0 Å². The van der Waals surface area contributed by atoms with E-state index in [1.54, 1.807) is 4.90 Å². The lowest BCUT2D eigenvalue weighted by atomic mass is 10.1. The van der Waals surface area contributed by atoms with Crippen LogP contribution in [0.2, 0.25) is 0 Å². The van der Waals surface area contributed by atoms with Crippen molar-refractivity contribution in [3.05, 3.63) is 40.9 Å². The number of anilines is 2. The zero-order chi connectivity index (χ0) is 18.4. The lowest BCUT2D eigenvalue weighted by molar-refractivity contribution is -0.115. The Morgan fingerprint density at radius 2 is 2.08 bits per heavy atom. The second-order valence-corrected chi connectivity index (χ2v) is 7.80. The molecule has 0 fully saturated rings. The molecule has 0 radical (unpaired) electrons. The average Bonchev–Trinajstić information content (AvgIpc) is 3.11. The fourth-order valence-corrected chi connectivity index (χ4v) is 4.33. The highest BCUT2D eigenvalue weighted by molar-refractivity contribution is 7.20. The van der Waals surface area contributed by atoms with Crippen molar-refractivity contribution in [1.82, 2.24) is 9.78 Å². The van der Waals surface area contributed by atoms with Crippen LogP contribution in [0, 0.1) is 0 Å². The quantitative estimate of drug-likeness (QED) is 0.749. The van der Waals surface area contributed by atoms with E-state index in [2.05, 4.69) is 24.3 Å². The minimum Gasteiger partial charge on any atom is -0.324 e. The molecule has 1 aliphatic rings. The molecule has 3 heterocycles. The molecule has 1 aromatic carbocycles. The molecule has 0 spiro atoms. The summed E-state index contributed by atoms with van der Waals surface area (Å²) in [6.07, 6.45) is 0.282. The molecule has 6 nitrogen and oxygen atoms in total. The Morgan fingerprint density at radius 1 is 1.31 bits per heavy atom. The number of hydrogen-bond acceptors (Lipinski definition) is 4. The highest BCUT2D eigenvalue weighted by Gasteiger charge is 2.27. The monoisotopic (exact) mass is 368 g/mol. The van der Waals surface area contributed by atoms with Gasteiger partial charge in [0.2, 0.25) is 5.91 Å². The number of para-hydroxylation sites is 2. The minimum atomic E-state index is -0.0788. The molecule has 2 amide bonds. The molecule has 1 N–H and O–H groups in total. The fraction of sp³-hybridized carbons (Fsp3) is 0.316.